The van der Waals surface area contributed by atoms with Gasteiger partial charge in [-0.25, -0.2) is 0 Å². The molecule has 0 aliphatic rings. The summed E-state index contributed by atoms with van der Waals surface area (Å²) in [5.41, 5.74) is -0.202. The first-order valence-electron chi connectivity index (χ1n) is 6.23. The number of hydrogen-bond acceptors (Lipinski definition) is 6. The highest BCUT2D eigenvalue weighted by Gasteiger charge is 2.17. The van der Waals surface area contributed by atoms with E-state index in [9.17, 15) is 20.0 Å². The number of amides is 1. The fourth-order valence-corrected chi connectivity index (χ4v) is 1.64. The molecule has 1 amide bonds. The van der Waals surface area contributed by atoms with Crippen LogP contribution in [0, 0.1) is 10.1 Å². The van der Waals surface area contributed by atoms with Gasteiger partial charge in [-0.05, 0) is 6.07 Å². The Labute approximate surface area is 122 Å². The van der Waals surface area contributed by atoms with Crippen molar-refractivity contribution in [1.82, 2.24) is 4.90 Å². The van der Waals surface area contributed by atoms with Crippen LogP contribution in [0.1, 0.15) is 0 Å². The van der Waals surface area contributed by atoms with Crippen LogP contribution in [0.4, 0.5) is 5.69 Å². The van der Waals surface area contributed by atoms with Crippen LogP contribution in [0.5, 0.6) is 5.75 Å². The number of rotatable bonds is 8. The Morgan fingerprint density at radius 3 is 2.76 bits per heavy atom. The molecule has 0 saturated heterocycles. The zero-order chi connectivity index (χ0) is 15.8. The Balaban J connectivity index is 2.55. The standard InChI is InChI=1S/C13H18N2O6/c1-14(7-10(16)8-20-2)13(17)9-21-12-6-4-3-5-11(12)15(18)19/h3-6,10,16H,7-9H2,1-2H3. The molecule has 116 valence electrons. The summed E-state index contributed by atoms with van der Waals surface area (Å²) in [6.07, 6.45) is -0.796. The van der Waals surface area contributed by atoms with Gasteiger partial charge in [0.05, 0.1) is 17.6 Å². The molecule has 8 nitrogen and oxygen atoms in total. The molecule has 0 aromatic heterocycles. The minimum atomic E-state index is -0.796. The smallest absolute Gasteiger partial charge is 0.310 e. The zero-order valence-electron chi connectivity index (χ0n) is 11.9. The van der Waals surface area contributed by atoms with Crippen LogP contribution in [0.15, 0.2) is 24.3 Å². The molecule has 0 spiro atoms. The molecule has 1 atom stereocenters. The Kier molecular flexibility index (Phi) is 6.57. The summed E-state index contributed by atoms with van der Waals surface area (Å²) < 4.78 is 9.94. The van der Waals surface area contributed by atoms with Crippen LogP contribution in [0.2, 0.25) is 0 Å². The number of carbonyl (C=O) groups excluding carboxylic acids is 1. The van der Waals surface area contributed by atoms with E-state index in [4.69, 9.17) is 9.47 Å². The molecule has 0 bridgehead atoms. The molecule has 8 heteroatoms. The first-order chi connectivity index (χ1) is 9.95. The quantitative estimate of drug-likeness (QED) is 0.552. The SMILES string of the molecule is COCC(O)CN(C)C(=O)COc1ccccc1[N+](=O)[O-]. The Bertz CT molecular complexity index is 493. The number of likely N-dealkylation sites (N-methyl/N-ethyl adjacent to an activating group) is 1. The summed E-state index contributed by atoms with van der Waals surface area (Å²) >= 11 is 0. The summed E-state index contributed by atoms with van der Waals surface area (Å²) in [5.74, 6) is -0.370. The molecule has 0 fully saturated rings. The highest BCUT2D eigenvalue weighted by molar-refractivity contribution is 5.77. The second-order valence-electron chi connectivity index (χ2n) is 4.40. The third-order valence-electron chi connectivity index (χ3n) is 2.68. The van der Waals surface area contributed by atoms with E-state index in [2.05, 4.69) is 0 Å². The number of aliphatic hydroxyl groups excluding tert-OH is 1. The lowest BCUT2D eigenvalue weighted by atomic mass is 10.3. The van der Waals surface area contributed by atoms with Gasteiger partial charge < -0.3 is 19.5 Å². The fourth-order valence-electron chi connectivity index (χ4n) is 1.64. The van der Waals surface area contributed by atoms with E-state index in [1.54, 1.807) is 6.07 Å². The van der Waals surface area contributed by atoms with Gasteiger partial charge in [0.2, 0.25) is 0 Å². The van der Waals surface area contributed by atoms with E-state index >= 15 is 0 Å². The van der Waals surface area contributed by atoms with Gasteiger partial charge in [0, 0.05) is 26.8 Å². The maximum atomic E-state index is 11.8. The van der Waals surface area contributed by atoms with Gasteiger partial charge in [-0.2, -0.15) is 0 Å². The number of methoxy groups -OCH3 is 1. The van der Waals surface area contributed by atoms with Crippen LogP contribution in [-0.4, -0.2) is 60.9 Å². The lowest BCUT2D eigenvalue weighted by molar-refractivity contribution is -0.385. The van der Waals surface area contributed by atoms with Crippen LogP contribution in [-0.2, 0) is 9.53 Å². The average molecular weight is 298 g/mol. The Morgan fingerprint density at radius 2 is 2.14 bits per heavy atom. The molecule has 0 heterocycles. The first-order valence-corrected chi connectivity index (χ1v) is 6.23. The summed E-state index contributed by atoms with van der Waals surface area (Å²) in [5, 5.41) is 20.3. The van der Waals surface area contributed by atoms with Crippen LogP contribution < -0.4 is 4.74 Å². The van der Waals surface area contributed by atoms with Crippen LogP contribution >= 0.6 is 0 Å². The van der Waals surface area contributed by atoms with E-state index in [-0.39, 0.29) is 31.2 Å². The number of benzene rings is 1. The molecule has 1 N–H and O–H groups in total. The number of ether oxygens (including phenoxy) is 2. The van der Waals surface area contributed by atoms with E-state index in [0.29, 0.717) is 0 Å². The molecule has 0 radical (unpaired) electrons. The van der Waals surface area contributed by atoms with Crippen molar-refractivity contribution >= 4 is 11.6 Å². The predicted octanol–water partition coefficient (Wildman–Crippen LogP) is 0.439. The predicted molar refractivity (Wildman–Crippen MR) is 74.1 cm³/mol. The van der Waals surface area contributed by atoms with Crippen molar-refractivity contribution in [3.05, 3.63) is 34.4 Å². The van der Waals surface area contributed by atoms with Crippen LogP contribution in [0.25, 0.3) is 0 Å². The number of para-hydroxylation sites is 2. The summed E-state index contributed by atoms with van der Waals surface area (Å²) in [7, 11) is 2.95. The molecule has 1 unspecified atom stereocenters. The Hall–Kier alpha value is -2.19. The molecule has 21 heavy (non-hydrogen) atoms. The fraction of sp³-hybridized carbons (Fsp3) is 0.462. The molecule has 1 aromatic rings. The maximum Gasteiger partial charge on any atom is 0.310 e. The van der Waals surface area contributed by atoms with Gasteiger partial charge in [0.25, 0.3) is 5.91 Å². The van der Waals surface area contributed by atoms with Crippen molar-refractivity contribution in [2.75, 3.05) is 33.9 Å². The highest BCUT2D eigenvalue weighted by Crippen LogP contribution is 2.25. The second-order valence-corrected chi connectivity index (χ2v) is 4.40. The van der Waals surface area contributed by atoms with Crippen molar-refractivity contribution in [3.63, 3.8) is 0 Å². The van der Waals surface area contributed by atoms with E-state index in [1.165, 1.54) is 37.3 Å². The van der Waals surface area contributed by atoms with Crippen molar-refractivity contribution < 1.29 is 24.3 Å². The molecule has 0 aliphatic heterocycles. The molecule has 1 aromatic carbocycles. The first kappa shape index (κ1) is 16.9. The minimum absolute atomic E-state index is 0.0293. The maximum absolute atomic E-state index is 11.8. The van der Waals surface area contributed by atoms with Crippen molar-refractivity contribution in [2.24, 2.45) is 0 Å². The number of nitro benzene ring substituents is 1. The van der Waals surface area contributed by atoms with Gasteiger partial charge >= 0.3 is 5.69 Å². The van der Waals surface area contributed by atoms with Crippen molar-refractivity contribution in [1.29, 1.82) is 0 Å². The number of nitrogens with zero attached hydrogens (tertiary/aromatic N) is 2. The molecule has 0 saturated carbocycles. The van der Waals surface area contributed by atoms with E-state index in [1.807, 2.05) is 0 Å². The van der Waals surface area contributed by atoms with E-state index in [0.717, 1.165) is 0 Å². The van der Waals surface area contributed by atoms with Gasteiger partial charge in [-0.15, -0.1) is 0 Å². The largest absolute Gasteiger partial charge is 0.477 e. The highest BCUT2D eigenvalue weighted by atomic mass is 16.6. The lowest BCUT2D eigenvalue weighted by Crippen LogP contribution is -2.38. The van der Waals surface area contributed by atoms with Gasteiger partial charge in [-0.3, -0.25) is 14.9 Å². The number of nitro groups is 1. The van der Waals surface area contributed by atoms with E-state index < -0.39 is 16.9 Å². The normalized spacial score (nSPS) is 11.8. The summed E-state index contributed by atoms with van der Waals surface area (Å²) in [6.45, 7) is -0.142. The third kappa shape index (κ3) is 5.36. The van der Waals surface area contributed by atoms with Gasteiger partial charge in [-0.1, -0.05) is 12.1 Å². The summed E-state index contributed by atoms with van der Waals surface area (Å²) in [6, 6.07) is 5.82. The molecular weight excluding hydrogens is 280 g/mol. The minimum Gasteiger partial charge on any atom is -0.477 e. The second kappa shape index (κ2) is 8.18. The average Bonchev–Trinajstić information content (AvgIpc) is 2.45. The lowest BCUT2D eigenvalue weighted by Gasteiger charge is -2.20. The summed E-state index contributed by atoms with van der Waals surface area (Å²) in [4.78, 5) is 23.3. The zero-order valence-corrected chi connectivity index (χ0v) is 11.9. The third-order valence-corrected chi connectivity index (χ3v) is 2.68. The van der Waals surface area contributed by atoms with Crippen LogP contribution in [0.3, 0.4) is 0 Å². The van der Waals surface area contributed by atoms with Gasteiger partial charge in [0.1, 0.15) is 0 Å². The molecular formula is C13H18N2O6. The number of aliphatic hydroxyl groups is 1. The topological polar surface area (TPSA) is 102 Å². The van der Waals surface area contributed by atoms with Gasteiger partial charge in [0.15, 0.2) is 12.4 Å². The Morgan fingerprint density at radius 1 is 1.48 bits per heavy atom. The van der Waals surface area contributed by atoms with Crippen molar-refractivity contribution in [3.8, 4) is 5.75 Å². The molecule has 1 rings (SSSR count). The number of hydrogen-bond donors (Lipinski definition) is 1. The number of carbonyl (C=O) groups is 1. The molecule has 0 aliphatic carbocycles. The monoisotopic (exact) mass is 298 g/mol. The van der Waals surface area contributed by atoms with Crippen molar-refractivity contribution in [2.45, 2.75) is 6.10 Å².